The number of aromatic nitrogens is 2. The zero-order valence-corrected chi connectivity index (χ0v) is 16.0. The highest BCUT2D eigenvalue weighted by molar-refractivity contribution is 5.75. The molecule has 1 aromatic heterocycles. The Kier molecular flexibility index (Phi) is 6.28. The van der Waals surface area contributed by atoms with Crippen molar-refractivity contribution >= 4 is 23.0 Å². The average molecular weight is 355 g/mol. The predicted octanol–water partition coefficient (Wildman–Crippen LogP) is 3.60. The van der Waals surface area contributed by atoms with Gasteiger partial charge in [0.15, 0.2) is 0 Å². The lowest BCUT2D eigenvalue weighted by Crippen LogP contribution is -2.36. The van der Waals surface area contributed by atoms with E-state index < -0.39 is 0 Å². The number of rotatable bonds is 7. The van der Waals surface area contributed by atoms with Crippen LogP contribution < -0.4 is 15.1 Å². The van der Waals surface area contributed by atoms with Crippen LogP contribution >= 0.6 is 0 Å². The van der Waals surface area contributed by atoms with E-state index in [4.69, 9.17) is 4.74 Å². The Morgan fingerprint density at radius 1 is 1.19 bits per heavy atom. The van der Waals surface area contributed by atoms with Gasteiger partial charge in [-0.2, -0.15) is 0 Å². The zero-order valence-electron chi connectivity index (χ0n) is 16.0. The minimum Gasteiger partial charge on any atom is -0.378 e. The van der Waals surface area contributed by atoms with Crippen molar-refractivity contribution in [3.8, 4) is 0 Å². The molecule has 3 rings (SSSR count). The molecule has 1 aromatic carbocycles. The molecule has 0 unspecified atom stereocenters. The van der Waals surface area contributed by atoms with E-state index in [9.17, 15) is 0 Å². The third-order valence-corrected chi connectivity index (χ3v) is 4.58. The number of hydrogen-bond acceptors (Lipinski definition) is 6. The monoisotopic (exact) mass is 355 g/mol. The van der Waals surface area contributed by atoms with Crippen molar-refractivity contribution in [3.63, 3.8) is 0 Å². The Labute approximate surface area is 156 Å². The van der Waals surface area contributed by atoms with Gasteiger partial charge in [0, 0.05) is 32.7 Å². The Hall–Kier alpha value is -2.34. The lowest BCUT2D eigenvalue weighted by atomic mass is 10.2. The minimum atomic E-state index is 0.771. The normalized spacial score (nSPS) is 14.3. The first-order chi connectivity index (χ1) is 12.7. The van der Waals surface area contributed by atoms with Gasteiger partial charge in [-0.3, -0.25) is 0 Å². The lowest BCUT2D eigenvalue weighted by Gasteiger charge is -2.30. The van der Waals surface area contributed by atoms with Crippen LogP contribution in [-0.2, 0) is 4.74 Å². The van der Waals surface area contributed by atoms with Gasteiger partial charge >= 0.3 is 0 Å². The highest BCUT2D eigenvalue weighted by atomic mass is 16.5. The van der Waals surface area contributed by atoms with Gasteiger partial charge in [-0.1, -0.05) is 25.5 Å². The van der Waals surface area contributed by atoms with E-state index in [0.29, 0.717) is 0 Å². The van der Waals surface area contributed by atoms with E-state index in [1.165, 1.54) is 12.1 Å². The second kappa shape index (κ2) is 8.85. The number of ether oxygens (including phenoxy) is 1. The predicted molar refractivity (Wildman–Crippen MR) is 108 cm³/mol. The van der Waals surface area contributed by atoms with E-state index in [1.807, 2.05) is 13.0 Å². The van der Waals surface area contributed by atoms with Crippen molar-refractivity contribution in [1.29, 1.82) is 0 Å². The second-order valence-electron chi connectivity index (χ2n) is 6.68. The first kappa shape index (κ1) is 18.5. The van der Waals surface area contributed by atoms with Gasteiger partial charge in [0.05, 0.1) is 24.6 Å². The fourth-order valence-electron chi connectivity index (χ4n) is 3.12. The molecule has 1 aliphatic heterocycles. The first-order valence-electron chi connectivity index (χ1n) is 9.43. The smallest absolute Gasteiger partial charge is 0.136 e. The molecule has 1 N–H and O–H groups in total. The largest absolute Gasteiger partial charge is 0.378 e. The molecule has 0 spiro atoms. The Morgan fingerprint density at radius 2 is 1.96 bits per heavy atom. The minimum absolute atomic E-state index is 0.771. The summed E-state index contributed by atoms with van der Waals surface area (Å²) in [7, 11) is 2.09. The molecular weight excluding hydrogens is 326 g/mol. The first-order valence-corrected chi connectivity index (χ1v) is 9.43. The molecule has 0 aliphatic carbocycles. The van der Waals surface area contributed by atoms with Crippen molar-refractivity contribution in [2.45, 2.75) is 26.7 Å². The SMILES string of the molecule is CCCCN(C)c1cc(Nc2ccccc2N2CCOCC2)nc(C)n1. The summed E-state index contributed by atoms with van der Waals surface area (Å²) in [4.78, 5) is 13.7. The number of aryl methyl sites for hydroxylation is 1. The van der Waals surface area contributed by atoms with Crippen molar-refractivity contribution in [2.75, 3.05) is 55.0 Å². The molecular formula is C20H29N5O. The Bertz CT molecular complexity index is 715. The van der Waals surface area contributed by atoms with Crippen LogP contribution in [0.5, 0.6) is 0 Å². The summed E-state index contributed by atoms with van der Waals surface area (Å²) < 4.78 is 5.48. The van der Waals surface area contributed by atoms with E-state index >= 15 is 0 Å². The van der Waals surface area contributed by atoms with Crippen LogP contribution in [0.15, 0.2) is 30.3 Å². The summed E-state index contributed by atoms with van der Waals surface area (Å²) in [5.74, 6) is 2.56. The highest BCUT2D eigenvalue weighted by Gasteiger charge is 2.15. The highest BCUT2D eigenvalue weighted by Crippen LogP contribution is 2.29. The number of unbranched alkanes of at least 4 members (excludes halogenated alkanes) is 1. The van der Waals surface area contributed by atoms with Crippen LogP contribution in [0.1, 0.15) is 25.6 Å². The van der Waals surface area contributed by atoms with Crippen molar-refractivity contribution in [1.82, 2.24) is 9.97 Å². The van der Waals surface area contributed by atoms with E-state index in [-0.39, 0.29) is 0 Å². The van der Waals surface area contributed by atoms with Gasteiger partial charge in [-0.25, -0.2) is 9.97 Å². The molecule has 6 heteroatoms. The van der Waals surface area contributed by atoms with Gasteiger partial charge in [-0.05, 0) is 25.5 Å². The van der Waals surface area contributed by atoms with Crippen LogP contribution in [0.3, 0.4) is 0 Å². The van der Waals surface area contributed by atoms with Crippen LogP contribution in [-0.4, -0.2) is 49.9 Å². The number of hydrogen-bond donors (Lipinski definition) is 1. The molecule has 1 fully saturated rings. The number of morpholine rings is 1. The molecule has 2 aromatic rings. The molecule has 0 atom stereocenters. The lowest BCUT2D eigenvalue weighted by molar-refractivity contribution is 0.123. The zero-order chi connectivity index (χ0) is 18.4. The number of nitrogens with one attached hydrogen (secondary N) is 1. The molecule has 0 saturated carbocycles. The average Bonchev–Trinajstić information content (AvgIpc) is 2.67. The van der Waals surface area contributed by atoms with Crippen molar-refractivity contribution in [3.05, 3.63) is 36.2 Å². The summed E-state index contributed by atoms with van der Waals surface area (Å²) in [6, 6.07) is 10.4. The summed E-state index contributed by atoms with van der Waals surface area (Å²) >= 11 is 0. The third-order valence-electron chi connectivity index (χ3n) is 4.58. The summed E-state index contributed by atoms with van der Waals surface area (Å²) in [6.07, 6.45) is 2.33. The topological polar surface area (TPSA) is 53.5 Å². The fraction of sp³-hybridized carbons (Fsp3) is 0.500. The Morgan fingerprint density at radius 3 is 2.73 bits per heavy atom. The number of benzene rings is 1. The molecule has 2 heterocycles. The van der Waals surface area contributed by atoms with E-state index in [0.717, 1.165) is 62.4 Å². The maximum atomic E-state index is 5.48. The molecule has 0 bridgehead atoms. The molecule has 140 valence electrons. The van der Waals surface area contributed by atoms with Gasteiger partial charge in [0.25, 0.3) is 0 Å². The summed E-state index contributed by atoms with van der Waals surface area (Å²) in [6.45, 7) is 8.50. The van der Waals surface area contributed by atoms with Crippen LogP contribution in [0, 0.1) is 6.92 Å². The second-order valence-corrected chi connectivity index (χ2v) is 6.68. The maximum Gasteiger partial charge on any atom is 0.136 e. The number of para-hydroxylation sites is 2. The van der Waals surface area contributed by atoms with Crippen LogP contribution in [0.2, 0.25) is 0 Å². The molecule has 0 amide bonds. The number of nitrogens with zero attached hydrogens (tertiary/aromatic N) is 4. The molecule has 6 nitrogen and oxygen atoms in total. The van der Waals surface area contributed by atoms with Gasteiger partial charge in [0.1, 0.15) is 17.5 Å². The van der Waals surface area contributed by atoms with Gasteiger partial charge in [0.2, 0.25) is 0 Å². The maximum absolute atomic E-state index is 5.48. The standard InChI is InChI=1S/C20H29N5O/c1-4-5-10-24(3)20-15-19(21-16(2)22-20)23-17-8-6-7-9-18(17)25-11-13-26-14-12-25/h6-9,15H,4-5,10-14H2,1-3H3,(H,21,22,23). The van der Waals surface area contributed by atoms with E-state index in [2.05, 4.69) is 63.3 Å². The molecule has 26 heavy (non-hydrogen) atoms. The van der Waals surface area contributed by atoms with Crippen LogP contribution in [0.4, 0.5) is 23.0 Å². The third kappa shape index (κ3) is 4.64. The van der Waals surface area contributed by atoms with Crippen molar-refractivity contribution < 1.29 is 4.74 Å². The number of anilines is 4. The molecule has 0 radical (unpaired) electrons. The van der Waals surface area contributed by atoms with Gasteiger partial charge in [-0.15, -0.1) is 0 Å². The molecule has 1 saturated heterocycles. The quantitative estimate of drug-likeness (QED) is 0.819. The Balaban J connectivity index is 1.81. The fourth-order valence-corrected chi connectivity index (χ4v) is 3.12. The van der Waals surface area contributed by atoms with Crippen LogP contribution in [0.25, 0.3) is 0 Å². The van der Waals surface area contributed by atoms with E-state index in [1.54, 1.807) is 0 Å². The van der Waals surface area contributed by atoms with Gasteiger partial charge < -0.3 is 19.9 Å². The summed E-state index contributed by atoms with van der Waals surface area (Å²) in [5, 5.41) is 3.50. The molecule has 1 aliphatic rings. The summed E-state index contributed by atoms with van der Waals surface area (Å²) in [5.41, 5.74) is 2.25. The van der Waals surface area contributed by atoms with Crippen molar-refractivity contribution in [2.24, 2.45) is 0 Å².